The van der Waals surface area contributed by atoms with Crippen LogP contribution in [0.2, 0.25) is 0 Å². The molecule has 0 saturated carbocycles. The lowest BCUT2D eigenvalue weighted by atomic mass is 10.0. The molecular formula is C85H166O17P2. The van der Waals surface area contributed by atoms with Gasteiger partial charge < -0.3 is 33.8 Å². The summed E-state index contributed by atoms with van der Waals surface area (Å²) in [6.45, 7) is 12.0. The van der Waals surface area contributed by atoms with Crippen LogP contribution in [0.3, 0.4) is 0 Å². The molecule has 0 aromatic heterocycles. The Hall–Kier alpha value is -1.94. The molecule has 0 rings (SSSR count). The Morgan fingerprint density at radius 2 is 0.442 bits per heavy atom. The fraction of sp³-hybridized carbons (Fsp3) is 0.953. The fourth-order valence-electron chi connectivity index (χ4n) is 13.2. The highest BCUT2D eigenvalue weighted by atomic mass is 31.2. The molecule has 5 atom stereocenters. The summed E-state index contributed by atoms with van der Waals surface area (Å²) in [7, 11) is -9.92. The number of carbonyl (C=O) groups is 4. The zero-order valence-corrected chi connectivity index (χ0v) is 70.3. The summed E-state index contributed by atoms with van der Waals surface area (Å²) >= 11 is 0. The van der Waals surface area contributed by atoms with Crippen molar-refractivity contribution in [2.45, 2.75) is 465 Å². The van der Waals surface area contributed by atoms with Crippen molar-refractivity contribution >= 4 is 39.5 Å². The molecule has 19 heteroatoms. The molecule has 618 valence electrons. The smallest absolute Gasteiger partial charge is 0.462 e. The summed E-state index contributed by atoms with van der Waals surface area (Å²) in [6.07, 6.45) is 65.4. The maximum atomic E-state index is 13.1. The van der Waals surface area contributed by atoms with Crippen molar-refractivity contribution in [3.05, 3.63) is 0 Å². The topological polar surface area (TPSA) is 237 Å². The van der Waals surface area contributed by atoms with Crippen molar-refractivity contribution in [3.8, 4) is 0 Å². The number of hydrogen-bond acceptors (Lipinski definition) is 15. The number of unbranched alkanes of at least 4 members (excludes halogenated alkanes) is 51. The van der Waals surface area contributed by atoms with Crippen LogP contribution < -0.4 is 0 Å². The monoisotopic (exact) mass is 1520 g/mol. The Balaban J connectivity index is 5.20. The Kier molecular flexibility index (Phi) is 73.7. The molecule has 0 spiro atoms. The van der Waals surface area contributed by atoms with Gasteiger partial charge in [0.25, 0.3) is 0 Å². The van der Waals surface area contributed by atoms with Gasteiger partial charge in [0.2, 0.25) is 0 Å². The number of hydrogen-bond donors (Lipinski definition) is 3. The summed E-state index contributed by atoms with van der Waals surface area (Å²) in [5, 5.41) is 10.7. The fourth-order valence-corrected chi connectivity index (χ4v) is 14.8. The first kappa shape index (κ1) is 102. The van der Waals surface area contributed by atoms with E-state index in [4.69, 9.17) is 37.0 Å². The van der Waals surface area contributed by atoms with Crippen molar-refractivity contribution in [1.82, 2.24) is 0 Å². The molecule has 0 aromatic rings. The van der Waals surface area contributed by atoms with Gasteiger partial charge in [-0.3, -0.25) is 37.3 Å². The molecule has 0 saturated heterocycles. The lowest BCUT2D eigenvalue weighted by Gasteiger charge is -2.21. The summed E-state index contributed by atoms with van der Waals surface area (Å²) in [5.41, 5.74) is 0. The minimum absolute atomic E-state index is 0.107. The lowest BCUT2D eigenvalue weighted by Crippen LogP contribution is -2.30. The van der Waals surface area contributed by atoms with E-state index in [2.05, 4.69) is 48.5 Å². The summed E-state index contributed by atoms with van der Waals surface area (Å²) in [6, 6.07) is 0. The van der Waals surface area contributed by atoms with Crippen LogP contribution in [0.5, 0.6) is 0 Å². The molecule has 0 bridgehead atoms. The van der Waals surface area contributed by atoms with Gasteiger partial charge in [-0.15, -0.1) is 0 Å². The second-order valence-electron chi connectivity index (χ2n) is 32.0. The van der Waals surface area contributed by atoms with Crippen molar-refractivity contribution in [2.75, 3.05) is 39.6 Å². The number of carbonyl (C=O) groups excluding carboxylic acids is 4. The van der Waals surface area contributed by atoms with Crippen LogP contribution in [-0.4, -0.2) is 96.7 Å². The van der Waals surface area contributed by atoms with E-state index in [1.54, 1.807) is 0 Å². The molecule has 0 aliphatic carbocycles. The van der Waals surface area contributed by atoms with Gasteiger partial charge in [0, 0.05) is 25.7 Å². The van der Waals surface area contributed by atoms with Crippen LogP contribution in [-0.2, 0) is 65.4 Å². The second-order valence-corrected chi connectivity index (χ2v) is 34.9. The molecular weight excluding hydrogens is 1350 g/mol. The third kappa shape index (κ3) is 78.2. The van der Waals surface area contributed by atoms with Crippen LogP contribution in [0.25, 0.3) is 0 Å². The van der Waals surface area contributed by atoms with Crippen molar-refractivity contribution < 1.29 is 80.2 Å². The molecule has 0 aliphatic rings. The molecule has 17 nitrogen and oxygen atoms in total. The van der Waals surface area contributed by atoms with E-state index < -0.39 is 97.5 Å². The Labute approximate surface area is 638 Å². The Morgan fingerprint density at radius 3 is 0.654 bits per heavy atom. The van der Waals surface area contributed by atoms with Crippen molar-refractivity contribution in [2.24, 2.45) is 17.8 Å². The van der Waals surface area contributed by atoms with E-state index in [1.807, 2.05) is 0 Å². The molecule has 0 fully saturated rings. The molecule has 0 aromatic carbocycles. The molecule has 104 heavy (non-hydrogen) atoms. The minimum atomic E-state index is -4.97. The Bertz CT molecular complexity index is 2010. The summed E-state index contributed by atoms with van der Waals surface area (Å²) < 4.78 is 68.8. The average Bonchev–Trinajstić information content (AvgIpc) is 0.903. The SMILES string of the molecule is CCCCCCCCCCCCCCC(=O)O[C@H](COC(=O)CCCCCCCCCC(C)C)COP(=O)(O)OC[C@H](O)COP(=O)(O)OC[C@@H](COC(=O)CCCCCCCCCCCCCCCCCCCCC(C)C)OC(=O)CCCCCCCCCCCCCCCCCCCCC(C)C. The van der Waals surface area contributed by atoms with Gasteiger partial charge in [-0.05, 0) is 43.4 Å². The zero-order chi connectivity index (χ0) is 76.5. The van der Waals surface area contributed by atoms with E-state index in [1.165, 1.54) is 250 Å². The van der Waals surface area contributed by atoms with E-state index >= 15 is 0 Å². The first-order valence-corrected chi connectivity index (χ1v) is 46.8. The van der Waals surface area contributed by atoms with E-state index in [9.17, 15) is 43.2 Å². The lowest BCUT2D eigenvalue weighted by molar-refractivity contribution is -0.161. The first-order chi connectivity index (χ1) is 50.2. The van der Waals surface area contributed by atoms with Crippen LogP contribution in [0.15, 0.2) is 0 Å². The highest BCUT2D eigenvalue weighted by Crippen LogP contribution is 2.45. The minimum Gasteiger partial charge on any atom is -0.462 e. The normalized spacial score (nSPS) is 13.9. The largest absolute Gasteiger partial charge is 0.472 e. The van der Waals surface area contributed by atoms with Gasteiger partial charge in [-0.25, -0.2) is 9.13 Å². The maximum absolute atomic E-state index is 13.1. The third-order valence-corrected chi connectivity index (χ3v) is 21.8. The molecule has 0 heterocycles. The van der Waals surface area contributed by atoms with Crippen LogP contribution in [0, 0.1) is 17.8 Å². The summed E-state index contributed by atoms with van der Waals surface area (Å²) in [4.78, 5) is 73.1. The van der Waals surface area contributed by atoms with Gasteiger partial charge >= 0.3 is 39.5 Å². The first-order valence-electron chi connectivity index (χ1n) is 43.8. The average molecular weight is 1520 g/mol. The number of rotatable bonds is 83. The Morgan fingerprint density at radius 1 is 0.260 bits per heavy atom. The number of esters is 4. The number of phosphoric ester groups is 2. The zero-order valence-electron chi connectivity index (χ0n) is 68.5. The third-order valence-electron chi connectivity index (χ3n) is 19.9. The van der Waals surface area contributed by atoms with Crippen molar-refractivity contribution in [1.29, 1.82) is 0 Å². The van der Waals surface area contributed by atoms with Gasteiger partial charge in [-0.1, -0.05) is 395 Å². The van der Waals surface area contributed by atoms with Gasteiger partial charge in [0.1, 0.15) is 19.3 Å². The van der Waals surface area contributed by atoms with Gasteiger partial charge in [0.05, 0.1) is 26.4 Å². The molecule has 0 radical (unpaired) electrons. The van der Waals surface area contributed by atoms with Gasteiger partial charge in [0.15, 0.2) is 12.2 Å². The quantitative estimate of drug-likeness (QED) is 0.0222. The molecule has 3 N–H and O–H groups in total. The predicted molar refractivity (Wildman–Crippen MR) is 428 cm³/mol. The molecule has 0 amide bonds. The second kappa shape index (κ2) is 75.1. The van der Waals surface area contributed by atoms with E-state index in [-0.39, 0.29) is 25.7 Å². The number of aliphatic hydroxyl groups is 1. The highest BCUT2D eigenvalue weighted by Gasteiger charge is 2.30. The van der Waals surface area contributed by atoms with Crippen LogP contribution >= 0.6 is 15.6 Å². The highest BCUT2D eigenvalue weighted by molar-refractivity contribution is 7.47. The van der Waals surface area contributed by atoms with Crippen LogP contribution in [0.4, 0.5) is 0 Å². The van der Waals surface area contributed by atoms with E-state index in [0.29, 0.717) is 31.6 Å². The number of ether oxygens (including phenoxy) is 4. The molecule has 2 unspecified atom stereocenters. The summed E-state index contributed by atoms with van der Waals surface area (Å²) in [5.74, 6) is 0.242. The number of aliphatic hydroxyl groups excluding tert-OH is 1. The van der Waals surface area contributed by atoms with E-state index in [0.717, 1.165) is 108 Å². The standard InChI is InChI=1S/C85H166O17P2/c1-8-9-10-11-12-13-14-33-39-46-54-61-68-84(89)102-81(73-96-83(88)67-60-53-48-41-44-51-58-65-78(6)7)75-100-104(93,94)98-71-79(86)70-97-103(91,92)99-74-80(101-85(90)69-62-55-47-40-35-30-26-22-18-16-20-24-28-32-37-43-50-57-64-77(4)5)72-95-82(87)66-59-52-45-38-34-29-25-21-17-15-19-23-27-31-36-42-49-56-63-76(2)3/h76-81,86H,8-75H2,1-7H3,(H,91,92)(H,93,94)/t79-,80-,81-/m1/s1. The van der Waals surface area contributed by atoms with Gasteiger partial charge in [-0.2, -0.15) is 0 Å². The molecule has 0 aliphatic heterocycles. The number of phosphoric acid groups is 2. The maximum Gasteiger partial charge on any atom is 0.472 e. The van der Waals surface area contributed by atoms with Crippen LogP contribution in [0.1, 0.15) is 447 Å². The predicted octanol–water partition coefficient (Wildman–Crippen LogP) is 25.7. The van der Waals surface area contributed by atoms with Crippen molar-refractivity contribution in [3.63, 3.8) is 0 Å².